The first kappa shape index (κ1) is 16.9. The molecule has 0 radical (unpaired) electrons. The Morgan fingerprint density at radius 1 is 0.926 bits per heavy atom. The topological polar surface area (TPSA) is 79.4 Å². The van der Waals surface area contributed by atoms with Crippen LogP contribution in [0.1, 0.15) is 33.6 Å². The molecule has 27 heavy (non-hydrogen) atoms. The summed E-state index contributed by atoms with van der Waals surface area (Å²) in [6.45, 7) is 0.192. The first-order chi connectivity index (χ1) is 13.1. The molecule has 1 aromatic heterocycles. The van der Waals surface area contributed by atoms with Gasteiger partial charge >= 0.3 is 0 Å². The van der Waals surface area contributed by atoms with Crippen LogP contribution in [0, 0.1) is 0 Å². The average molecular weight is 359 g/mol. The molecule has 1 N–H and O–H groups in total. The van der Waals surface area contributed by atoms with Gasteiger partial charge in [-0.2, -0.15) is 0 Å². The zero-order valence-corrected chi connectivity index (χ0v) is 14.5. The second kappa shape index (κ2) is 6.99. The number of anilines is 1. The highest BCUT2D eigenvalue weighted by Crippen LogP contribution is 2.30. The third-order valence-corrected chi connectivity index (χ3v) is 4.57. The van der Waals surface area contributed by atoms with Crippen molar-refractivity contribution in [1.82, 2.24) is 9.88 Å². The maximum atomic E-state index is 12.8. The normalized spacial score (nSPS) is 13.1. The van der Waals surface area contributed by atoms with Crippen molar-refractivity contribution >= 4 is 34.3 Å². The quantitative estimate of drug-likeness (QED) is 0.709. The fourth-order valence-electron chi connectivity index (χ4n) is 3.32. The van der Waals surface area contributed by atoms with Gasteiger partial charge in [-0.25, -0.2) is 4.98 Å². The summed E-state index contributed by atoms with van der Waals surface area (Å²) in [5.41, 5.74) is 1.06. The lowest BCUT2D eigenvalue weighted by molar-refractivity contribution is -0.116. The highest BCUT2D eigenvalue weighted by Gasteiger charge is 2.32. The minimum atomic E-state index is -0.311. The zero-order valence-electron chi connectivity index (χ0n) is 14.5. The van der Waals surface area contributed by atoms with Crippen LogP contribution in [0.4, 0.5) is 5.82 Å². The summed E-state index contributed by atoms with van der Waals surface area (Å²) in [6, 6.07) is 16.1. The average Bonchev–Trinajstić information content (AvgIpc) is 2.69. The van der Waals surface area contributed by atoms with Crippen LogP contribution in [0.25, 0.3) is 10.8 Å². The summed E-state index contributed by atoms with van der Waals surface area (Å²) >= 11 is 0. The Labute approximate surface area is 155 Å². The van der Waals surface area contributed by atoms with Gasteiger partial charge in [0.1, 0.15) is 5.82 Å². The number of carbonyl (C=O) groups is 3. The summed E-state index contributed by atoms with van der Waals surface area (Å²) in [5.74, 6) is -0.342. The molecule has 0 aliphatic carbocycles. The predicted octanol–water partition coefficient (Wildman–Crippen LogP) is 3.25. The van der Waals surface area contributed by atoms with Crippen molar-refractivity contribution < 1.29 is 14.4 Å². The number of carbonyl (C=O) groups excluding carboxylic acids is 3. The Balaban J connectivity index is 1.45. The van der Waals surface area contributed by atoms with Gasteiger partial charge in [-0.1, -0.05) is 30.3 Å². The van der Waals surface area contributed by atoms with Crippen LogP contribution < -0.4 is 5.32 Å². The van der Waals surface area contributed by atoms with Gasteiger partial charge < -0.3 is 5.32 Å². The molecule has 3 aromatic rings. The minimum Gasteiger partial charge on any atom is -0.311 e. The van der Waals surface area contributed by atoms with Crippen molar-refractivity contribution in [3.63, 3.8) is 0 Å². The molecule has 2 heterocycles. The number of hydrogen-bond donors (Lipinski definition) is 1. The molecule has 134 valence electrons. The van der Waals surface area contributed by atoms with Crippen molar-refractivity contribution in [3.05, 3.63) is 71.9 Å². The Bertz CT molecular complexity index is 996. The molecule has 0 fully saturated rings. The SMILES string of the molecule is O=C(CCCN1C(=O)c2cccc3cccc(c23)C1=O)Nc1ccccn1. The second-order valence-corrected chi connectivity index (χ2v) is 6.34. The van der Waals surface area contributed by atoms with Crippen LogP contribution in [0.5, 0.6) is 0 Å². The number of pyridine rings is 1. The Morgan fingerprint density at radius 3 is 2.26 bits per heavy atom. The molecule has 6 nitrogen and oxygen atoms in total. The highest BCUT2D eigenvalue weighted by molar-refractivity contribution is 6.25. The van der Waals surface area contributed by atoms with Crippen LogP contribution in [-0.4, -0.2) is 34.2 Å². The van der Waals surface area contributed by atoms with Crippen LogP contribution in [-0.2, 0) is 4.79 Å². The molecule has 3 amide bonds. The number of amides is 3. The van der Waals surface area contributed by atoms with E-state index >= 15 is 0 Å². The Kier molecular flexibility index (Phi) is 4.38. The summed E-state index contributed by atoms with van der Waals surface area (Å²) in [6.07, 6.45) is 2.17. The van der Waals surface area contributed by atoms with Crippen molar-refractivity contribution in [2.45, 2.75) is 12.8 Å². The standard InChI is InChI=1S/C21H17N3O3/c25-18(23-17-10-1-2-12-22-17)11-5-13-24-20(26)15-8-3-6-14-7-4-9-16(19(14)15)21(24)27/h1-4,6-10,12H,5,11,13H2,(H,22,23,25). The van der Waals surface area contributed by atoms with Gasteiger partial charge in [0.05, 0.1) is 0 Å². The molecule has 0 spiro atoms. The number of hydrogen-bond acceptors (Lipinski definition) is 4. The number of nitrogens with one attached hydrogen (secondary N) is 1. The van der Waals surface area contributed by atoms with E-state index in [1.54, 1.807) is 36.5 Å². The van der Waals surface area contributed by atoms with E-state index in [9.17, 15) is 14.4 Å². The number of imide groups is 1. The molecule has 0 atom stereocenters. The van der Waals surface area contributed by atoms with Gasteiger partial charge in [-0.05, 0) is 36.1 Å². The van der Waals surface area contributed by atoms with E-state index in [4.69, 9.17) is 0 Å². The number of nitrogens with zero attached hydrogens (tertiary/aromatic N) is 2. The number of benzene rings is 2. The van der Waals surface area contributed by atoms with Crippen LogP contribution in [0.3, 0.4) is 0 Å². The molecule has 1 aliphatic rings. The molecular formula is C21H17N3O3. The molecule has 2 aromatic carbocycles. The summed E-state index contributed by atoms with van der Waals surface area (Å²) < 4.78 is 0. The van der Waals surface area contributed by atoms with Crippen LogP contribution in [0.2, 0.25) is 0 Å². The first-order valence-corrected chi connectivity index (χ1v) is 8.74. The maximum absolute atomic E-state index is 12.8. The van der Waals surface area contributed by atoms with Gasteiger partial charge in [-0.3, -0.25) is 19.3 Å². The zero-order chi connectivity index (χ0) is 18.8. The molecule has 1 aliphatic heterocycles. The third kappa shape index (κ3) is 3.17. The van der Waals surface area contributed by atoms with Crippen molar-refractivity contribution in [2.75, 3.05) is 11.9 Å². The Morgan fingerprint density at radius 2 is 1.63 bits per heavy atom. The summed E-state index contributed by atoms with van der Waals surface area (Å²) in [7, 11) is 0. The summed E-state index contributed by atoms with van der Waals surface area (Å²) in [5, 5.41) is 4.28. The largest absolute Gasteiger partial charge is 0.311 e. The fraction of sp³-hybridized carbons (Fsp3) is 0.143. The lowest BCUT2D eigenvalue weighted by atomic mass is 9.94. The van der Waals surface area contributed by atoms with Crippen molar-refractivity contribution in [2.24, 2.45) is 0 Å². The maximum Gasteiger partial charge on any atom is 0.261 e. The van der Waals surface area contributed by atoms with Gasteiger partial charge in [0.15, 0.2) is 0 Å². The van der Waals surface area contributed by atoms with E-state index < -0.39 is 0 Å². The van der Waals surface area contributed by atoms with E-state index in [-0.39, 0.29) is 30.7 Å². The molecular weight excluding hydrogens is 342 g/mol. The lowest BCUT2D eigenvalue weighted by Gasteiger charge is -2.27. The molecule has 0 saturated carbocycles. The predicted molar refractivity (Wildman–Crippen MR) is 101 cm³/mol. The fourth-order valence-corrected chi connectivity index (χ4v) is 3.32. The number of aromatic nitrogens is 1. The van der Waals surface area contributed by atoms with E-state index in [1.165, 1.54) is 4.90 Å². The lowest BCUT2D eigenvalue weighted by Crippen LogP contribution is -2.41. The van der Waals surface area contributed by atoms with E-state index in [1.807, 2.05) is 24.3 Å². The van der Waals surface area contributed by atoms with Crippen LogP contribution in [0.15, 0.2) is 60.8 Å². The van der Waals surface area contributed by atoms with E-state index in [2.05, 4.69) is 10.3 Å². The van der Waals surface area contributed by atoms with Gasteiger partial charge in [0.25, 0.3) is 11.8 Å². The van der Waals surface area contributed by atoms with E-state index in [0.717, 1.165) is 5.39 Å². The Hall–Kier alpha value is -3.54. The van der Waals surface area contributed by atoms with Crippen molar-refractivity contribution in [1.29, 1.82) is 0 Å². The first-order valence-electron chi connectivity index (χ1n) is 8.74. The molecule has 0 unspecified atom stereocenters. The molecule has 0 bridgehead atoms. The minimum absolute atomic E-state index is 0.192. The second-order valence-electron chi connectivity index (χ2n) is 6.34. The van der Waals surface area contributed by atoms with Gasteiger partial charge in [0, 0.05) is 35.7 Å². The highest BCUT2D eigenvalue weighted by atomic mass is 16.2. The van der Waals surface area contributed by atoms with Crippen molar-refractivity contribution in [3.8, 4) is 0 Å². The summed E-state index contributed by atoms with van der Waals surface area (Å²) in [4.78, 5) is 42.8. The molecule has 0 saturated heterocycles. The van der Waals surface area contributed by atoms with Gasteiger partial charge in [0.2, 0.25) is 5.91 Å². The molecule has 6 heteroatoms. The number of rotatable bonds is 5. The molecule has 4 rings (SSSR count). The van der Waals surface area contributed by atoms with Gasteiger partial charge in [-0.15, -0.1) is 0 Å². The monoisotopic (exact) mass is 359 g/mol. The third-order valence-electron chi connectivity index (χ3n) is 4.57. The van der Waals surface area contributed by atoms with E-state index in [0.29, 0.717) is 28.8 Å². The van der Waals surface area contributed by atoms with Crippen LogP contribution >= 0.6 is 0 Å². The smallest absolute Gasteiger partial charge is 0.261 e.